The largest absolute Gasteiger partial charge is 0.447 e. The third-order valence-electron chi connectivity index (χ3n) is 3.72. The van der Waals surface area contributed by atoms with Gasteiger partial charge >= 0.3 is 12.2 Å². The van der Waals surface area contributed by atoms with Crippen LogP contribution in [0.5, 0.6) is 5.75 Å². The number of nitrogens with zero attached hydrogens (tertiary/aromatic N) is 1. The first kappa shape index (κ1) is 21.2. The number of anilines is 2. The Morgan fingerprint density at radius 2 is 1.86 bits per heavy atom. The van der Waals surface area contributed by atoms with E-state index in [1.54, 1.807) is 32.0 Å². The molecule has 0 saturated carbocycles. The lowest BCUT2D eigenvalue weighted by molar-refractivity contribution is 0.130. The zero-order valence-electron chi connectivity index (χ0n) is 16.3. The van der Waals surface area contributed by atoms with E-state index in [2.05, 4.69) is 5.32 Å². The van der Waals surface area contributed by atoms with Gasteiger partial charge in [0, 0.05) is 24.0 Å². The smallest absolute Gasteiger partial charge is 0.419 e. The minimum Gasteiger partial charge on any atom is -0.447 e. The minimum absolute atomic E-state index is 0.246. The molecular weight excluding hydrogens is 363 g/mol. The first-order valence-corrected chi connectivity index (χ1v) is 9.21. The topological polar surface area (TPSA) is 67.9 Å². The van der Waals surface area contributed by atoms with Crippen molar-refractivity contribution in [2.45, 2.75) is 39.7 Å². The van der Waals surface area contributed by atoms with Gasteiger partial charge in [0.25, 0.3) is 0 Å². The van der Waals surface area contributed by atoms with Gasteiger partial charge in [-0.25, -0.2) is 14.0 Å². The maximum absolute atomic E-state index is 13.2. The monoisotopic (exact) mass is 388 g/mol. The molecule has 0 radical (unpaired) electrons. The Morgan fingerprint density at radius 3 is 2.50 bits per heavy atom. The number of carbonyl (C=O) groups is 2. The van der Waals surface area contributed by atoms with E-state index in [1.807, 2.05) is 6.92 Å². The van der Waals surface area contributed by atoms with E-state index >= 15 is 0 Å². The molecule has 0 unspecified atom stereocenters. The second-order valence-corrected chi connectivity index (χ2v) is 6.46. The van der Waals surface area contributed by atoms with Crippen LogP contribution in [-0.2, 0) is 4.74 Å². The van der Waals surface area contributed by atoms with E-state index in [-0.39, 0.29) is 17.7 Å². The van der Waals surface area contributed by atoms with E-state index in [1.165, 1.54) is 35.2 Å². The minimum atomic E-state index is -0.589. The summed E-state index contributed by atoms with van der Waals surface area (Å²) >= 11 is 0. The zero-order valence-corrected chi connectivity index (χ0v) is 16.3. The maximum atomic E-state index is 13.2. The summed E-state index contributed by atoms with van der Waals surface area (Å²) in [7, 11) is 0. The van der Waals surface area contributed by atoms with E-state index in [0.29, 0.717) is 17.9 Å². The van der Waals surface area contributed by atoms with E-state index in [9.17, 15) is 14.0 Å². The number of benzene rings is 2. The quantitative estimate of drug-likeness (QED) is 0.671. The molecule has 0 spiro atoms. The van der Waals surface area contributed by atoms with Crippen molar-refractivity contribution in [3.8, 4) is 5.75 Å². The van der Waals surface area contributed by atoms with Gasteiger partial charge in [0.15, 0.2) is 0 Å². The summed E-state index contributed by atoms with van der Waals surface area (Å²) < 4.78 is 23.7. The number of halogens is 1. The van der Waals surface area contributed by atoms with Crippen molar-refractivity contribution in [1.29, 1.82) is 0 Å². The van der Waals surface area contributed by atoms with Crippen LogP contribution in [0.2, 0.25) is 0 Å². The number of amides is 2. The highest BCUT2D eigenvalue weighted by Crippen LogP contribution is 2.21. The van der Waals surface area contributed by atoms with E-state index < -0.39 is 12.2 Å². The van der Waals surface area contributed by atoms with Gasteiger partial charge in [-0.05, 0) is 56.7 Å². The third kappa shape index (κ3) is 6.57. The molecule has 0 atom stereocenters. The molecule has 0 aliphatic rings. The van der Waals surface area contributed by atoms with Gasteiger partial charge in [-0.2, -0.15) is 0 Å². The molecule has 2 aromatic rings. The maximum Gasteiger partial charge on any atom is 0.419 e. The summed E-state index contributed by atoms with van der Waals surface area (Å²) in [4.78, 5) is 25.9. The highest BCUT2D eigenvalue weighted by atomic mass is 19.1. The molecule has 1 N–H and O–H groups in total. The number of hydrogen-bond donors (Lipinski definition) is 1. The molecule has 0 aromatic heterocycles. The molecule has 0 bridgehead atoms. The van der Waals surface area contributed by atoms with Crippen molar-refractivity contribution in [3.05, 3.63) is 54.3 Å². The van der Waals surface area contributed by atoms with Crippen molar-refractivity contribution >= 4 is 23.6 Å². The summed E-state index contributed by atoms with van der Waals surface area (Å²) in [5.41, 5.74) is 0.993. The second kappa shape index (κ2) is 10.3. The fourth-order valence-electron chi connectivity index (χ4n) is 2.42. The highest BCUT2D eigenvalue weighted by Gasteiger charge is 2.18. The Balaban J connectivity index is 2.10. The molecule has 2 amide bonds. The normalized spacial score (nSPS) is 10.5. The SMILES string of the molecule is CCCCN(C(=O)Oc1cccc(NC(=O)OC(C)C)c1)c1ccc(F)cc1. The van der Waals surface area contributed by atoms with Gasteiger partial charge in [0.05, 0.1) is 6.10 Å². The van der Waals surface area contributed by atoms with Crippen LogP contribution in [0.3, 0.4) is 0 Å². The van der Waals surface area contributed by atoms with Gasteiger partial charge in [0.2, 0.25) is 0 Å². The standard InChI is InChI=1S/C21H25FN2O4/c1-4-5-13-24(18-11-9-16(22)10-12-18)21(26)28-19-8-6-7-17(14-19)23-20(25)27-15(2)3/h6-12,14-15H,4-5,13H2,1-3H3,(H,23,25). The lowest BCUT2D eigenvalue weighted by Gasteiger charge is -2.22. The summed E-state index contributed by atoms with van der Waals surface area (Å²) in [6, 6.07) is 12.1. The molecular formula is C21H25FN2O4. The number of nitrogens with one attached hydrogen (secondary N) is 1. The number of ether oxygens (including phenoxy) is 2. The van der Waals surface area contributed by atoms with Gasteiger partial charge in [-0.1, -0.05) is 19.4 Å². The molecule has 2 aromatic carbocycles. The Bertz CT molecular complexity index is 793. The van der Waals surface area contributed by atoms with Gasteiger partial charge in [-0.15, -0.1) is 0 Å². The predicted octanol–water partition coefficient (Wildman–Crippen LogP) is 5.59. The molecule has 7 heteroatoms. The first-order valence-electron chi connectivity index (χ1n) is 9.21. The fraction of sp³-hybridized carbons (Fsp3) is 0.333. The molecule has 6 nitrogen and oxygen atoms in total. The van der Waals surface area contributed by atoms with Crippen LogP contribution in [0.1, 0.15) is 33.6 Å². The van der Waals surface area contributed by atoms with Crippen molar-refractivity contribution in [2.75, 3.05) is 16.8 Å². The van der Waals surface area contributed by atoms with Crippen molar-refractivity contribution in [3.63, 3.8) is 0 Å². The van der Waals surface area contributed by atoms with Gasteiger partial charge in [-0.3, -0.25) is 10.2 Å². The second-order valence-electron chi connectivity index (χ2n) is 6.46. The molecule has 0 aliphatic heterocycles. The third-order valence-corrected chi connectivity index (χ3v) is 3.72. The number of rotatable bonds is 7. The van der Waals surface area contributed by atoms with Crippen LogP contribution in [0.4, 0.5) is 25.4 Å². The molecule has 150 valence electrons. The van der Waals surface area contributed by atoms with E-state index in [0.717, 1.165) is 12.8 Å². The lowest BCUT2D eigenvalue weighted by Crippen LogP contribution is -2.34. The van der Waals surface area contributed by atoms with Crippen molar-refractivity contribution < 1.29 is 23.5 Å². The fourth-order valence-corrected chi connectivity index (χ4v) is 2.42. The molecule has 2 rings (SSSR count). The summed E-state index contributed by atoms with van der Waals surface area (Å²) in [6.07, 6.45) is 0.248. The van der Waals surface area contributed by atoms with Crippen LogP contribution in [0.15, 0.2) is 48.5 Å². The van der Waals surface area contributed by atoms with E-state index in [4.69, 9.17) is 9.47 Å². The molecule has 0 fully saturated rings. The van der Waals surface area contributed by atoms with Crippen LogP contribution in [0.25, 0.3) is 0 Å². The van der Waals surface area contributed by atoms with Gasteiger partial charge < -0.3 is 9.47 Å². The van der Waals surface area contributed by atoms with Crippen LogP contribution >= 0.6 is 0 Å². The average molecular weight is 388 g/mol. The van der Waals surface area contributed by atoms with Crippen molar-refractivity contribution in [1.82, 2.24) is 0 Å². The molecule has 0 aliphatic carbocycles. The Hall–Kier alpha value is -3.09. The highest BCUT2D eigenvalue weighted by molar-refractivity contribution is 5.89. The summed E-state index contributed by atoms with van der Waals surface area (Å²) in [5, 5.41) is 2.58. The average Bonchev–Trinajstić information content (AvgIpc) is 2.63. The molecule has 28 heavy (non-hydrogen) atoms. The van der Waals surface area contributed by atoms with Crippen LogP contribution < -0.4 is 15.0 Å². The number of carbonyl (C=O) groups excluding carboxylic acids is 2. The number of hydrogen-bond acceptors (Lipinski definition) is 4. The first-order chi connectivity index (χ1) is 13.4. The lowest BCUT2D eigenvalue weighted by atomic mass is 10.2. The van der Waals surface area contributed by atoms with Gasteiger partial charge in [0.1, 0.15) is 11.6 Å². The number of unbranched alkanes of at least 4 members (excludes halogenated alkanes) is 1. The Labute approximate surface area is 164 Å². The predicted molar refractivity (Wildman–Crippen MR) is 106 cm³/mol. The Morgan fingerprint density at radius 1 is 1.14 bits per heavy atom. The summed E-state index contributed by atoms with van der Waals surface area (Å²) in [6.45, 7) is 5.95. The summed E-state index contributed by atoms with van der Waals surface area (Å²) in [5.74, 6) is -0.101. The zero-order chi connectivity index (χ0) is 20.5. The Kier molecular flexibility index (Phi) is 7.80. The van der Waals surface area contributed by atoms with Crippen molar-refractivity contribution in [2.24, 2.45) is 0 Å². The molecule has 0 heterocycles. The molecule has 0 saturated heterocycles. The van der Waals surface area contributed by atoms with Crippen LogP contribution in [0, 0.1) is 5.82 Å². The van der Waals surface area contributed by atoms with Crippen LogP contribution in [-0.4, -0.2) is 24.8 Å².